The van der Waals surface area contributed by atoms with Gasteiger partial charge in [-0.2, -0.15) is 0 Å². The minimum absolute atomic E-state index is 0.167. The van der Waals surface area contributed by atoms with Crippen molar-refractivity contribution in [2.45, 2.75) is 20.1 Å². The zero-order valence-electron chi connectivity index (χ0n) is 13.6. The number of aliphatic hydroxyl groups excluding tert-OH is 1. The smallest absolute Gasteiger partial charge is 0.276 e. The summed E-state index contributed by atoms with van der Waals surface area (Å²) >= 11 is 12.2. The van der Waals surface area contributed by atoms with Gasteiger partial charge in [-0.1, -0.05) is 41.4 Å². The van der Waals surface area contributed by atoms with Crippen molar-refractivity contribution < 1.29 is 14.7 Å². The van der Waals surface area contributed by atoms with Gasteiger partial charge in [-0.3, -0.25) is 4.79 Å². The number of aliphatic imine (C=N–C) groups is 1. The fourth-order valence-electron chi connectivity index (χ4n) is 2.14. The Balaban J connectivity index is 0.000000511. The number of benzodiazepines with no additional fused rings is 1. The van der Waals surface area contributed by atoms with Crippen LogP contribution in [0.3, 0.4) is 0 Å². The Morgan fingerprint density at radius 3 is 2.40 bits per heavy atom. The van der Waals surface area contributed by atoms with Gasteiger partial charge in [-0.15, -0.1) is 0 Å². The van der Waals surface area contributed by atoms with E-state index < -0.39 is 12.1 Å². The molecule has 2 N–H and O–H groups in total. The first-order valence-electron chi connectivity index (χ1n) is 7.38. The Morgan fingerprint density at radius 2 is 1.76 bits per heavy atom. The number of benzene rings is 2. The van der Waals surface area contributed by atoms with E-state index in [2.05, 4.69) is 10.3 Å². The van der Waals surface area contributed by atoms with Crippen LogP contribution < -0.4 is 5.32 Å². The van der Waals surface area contributed by atoms with Gasteiger partial charge in [0.05, 0.1) is 11.4 Å². The Labute approximate surface area is 155 Å². The number of carbonyl (C=O) groups is 2. The molecule has 0 spiro atoms. The molecule has 7 heteroatoms. The summed E-state index contributed by atoms with van der Waals surface area (Å²) in [6, 6.07) is 12.1. The molecular weight excluding hydrogens is 363 g/mol. The maximum absolute atomic E-state index is 11.8. The maximum Gasteiger partial charge on any atom is 0.276 e. The molecule has 1 aliphatic heterocycles. The monoisotopic (exact) mass is 378 g/mol. The molecule has 0 aromatic heterocycles. The van der Waals surface area contributed by atoms with Gasteiger partial charge in [-0.05, 0) is 38.1 Å². The highest BCUT2D eigenvalue weighted by Crippen LogP contribution is 2.29. The highest BCUT2D eigenvalue weighted by Gasteiger charge is 2.25. The second-order valence-corrected chi connectivity index (χ2v) is 6.26. The maximum atomic E-state index is 11.8. The summed E-state index contributed by atoms with van der Waals surface area (Å²) in [5, 5.41) is 13.4. The minimum atomic E-state index is -1.50. The molecule has 3 rings (SSSR count). The molecule has 0 bridgehead atoms. The van der Waals surface area contributed by atoms with Crippen LogP contribution in [0.1, 0.15) is 25.0 Å². The third kappa shape index (κ3) is 4.89. The molecule has 1 aliphatic rings. The van der Waals surface area contributed by atoms with Crippen LogP contribution in [0, 0.1) is 0 Å². The van der Waals surface area contributed by atoms with Gasteiger partial charge >= 0.3 is 0 Å². The number of aliphatic hydroxyl groups is 1. The third-order valence-corrected chi connectivity index (χ3v) is 3.67. The Morgan fingerprint density at radius 1 is 1.12 bits per heavy atom. The number of ketones is 1. The molecule has 0 saturated carbocycles. The summed E-state index contributed by atoms with van der Waals surface area (Å²) in [7, 11) is 0. The second kappa shape index (κ2) is 8.25. The van der Waals surface area contributed by atoms with Crippen molar-refractivity contribution in [3.8, 4) is 0 Å². The average molecular weight is 379 g/mol. The second-order valence-electron chi connectivity index (χ2n) is 5.42. The van der Waals surface area contributed by atoms with E-state index in [-0.39, 0.29) is 5.78 Å². The van der Waals surface area contributed by atoms with Crippen LogP contribution in [0.5, 0.6) is 0 Å². The van der Waals surface area contributed by atoms with Crippen LogP contribution in [0.15, 0.2) is 47.5 Å². The van der Waals surface area contributed by atoms with Gasteiger partial charge in [0.2, 0.25) is 6.23 Å². The number of halogens is 2. The molecule has 25 heavy (non-hydrogen) atoms. The number of carbonyl (C=O) groups excluding carboxylic acids is 2. The van der Waals surface area contributed by atoms with E-state index in [1.165, 1.54) is 13.8 Å². The molecule has 0 saturated heterocycles. The van der Waals surface area contributed by atoms with Crippen molar-refractivity contribution in [3.63, 3.8) is 0 Å². The van der Waals surface area contributed by atoms with Gasteiger partial charge in [0, 0.05) is 21.2 Å². The number of rotatable bonds is 1. The predicted octanol–water partition coefficient (Wildman–Crippen LogP) is 3.70. The van der Waals surface area contributed by atoms with Gasteiger partial charge in [0.25, 0.3) is 5.91 Å². The highest BCUT2D eigenvalue weighted by molar-refractivity contribution is 6.36. The lowest BCUT2D eigenvalue weighted by Crippen LogP contribution is -2.24. The number of nitrogens with one attached hydrogen (secondary N) is 1. The fourth-order valence-corrected chi connectivity index (χ4v) is 2.53. The Hall–Kier alpha value is -2.21. The Kier molecular flexibility index (Phi) is 6.31. The van der Waals surface area contributed by atoms with Crippen molar-refractivity contribution in [1.29, 1.82) is 0 Å². The van der Waals surface area contributed by atoms with E-state index in [4.69, 9.17) is 23.2 Å². The highest BCUT2D eigenvalue weighted by atomic mass is 35.5. The minimum Gasteiger partial charge on any atom is -0.364 e. The summed E-state index contributed by atoms with van der Waals surface area (Å²) in [4.78, 5) is 25.3. The molecule has 1 heterocycles. The molecule has 1 unspecified atom stereocenters. The van der Waals surface area contributed by atoms with Crippen LogP contribution in [0.4, 0.5) is 5.69 Å². The molecule has 0 radical (unpaired) electrons. The number of amides is 1. The molecular formula is C18H16Cl2N2O3. The molecule has 0 fully saturated rings. The summed E-state index contributed by atoms with van der Waals surface area (Å²) in [6.45, 7) is 3.06. The van der Waals surface area contributed by atoms with E-state index >= 15 is 0 Å². The van der Waals surface area contributed by atoms with E-state index in [1.807, 2.05) is 0 Å². The molecule has 5 nitrogen and oxygen atoms in total. The lowest BCUT2D eigenvalue weighted by molar-refractivity contribution is -0.123. The van der Waals surface area contributed by atoms with E-state index in [9.17, 15) is 14.7 Å². The van der Waals surface area contributed by atoms with E-state index in [0.717, 1.165) is 0 Å². The number of fused-ring (bicyclic) bond motifs is 1. The summed E-state index contributed by atoms with van der Waals surface area (Å²) in [5.74, 6) is -0.430. The zero-order chi connectivity index (χ0) is 18.6. The first-order valence-corrected chi connectivity index (χ1v) is 8.14. The van der Waals surface area contributed by atoms with Crippen LogP contribution in [0.2, 0.25) is 10.0 Å². The third-order valence-electron chi connectivity index (χ3n) is 3.11. The zero-order valence-corrected chi connectivity index (χ0v) is 15.1. The van der Waals surface area contributed by atoms with E-state index in [0.29, 0.717) is 32.6 Å². The van der Waals surface area contributed by atoms with Crippen LogP contribution in [-0.4, -0.2) is 28.7 Å². The van der Waals surface area contributed by atoms with Gasteiger partial charge in [0.15, 0.2) is 0 Å². The summed E-state index contributed by atoms with van der Waals surface area (Å²) < 4.78 is 0. The normalized spacial score (nSPS) is 15.8. The lowest BCUT2D eigenvalue weighted by atomic mass is 10.0. The standard InChI is InChI=1S/C15H10Cl2N2O2.C3H6O/c16-8-5-6-12-10(7-8)13(19-15(21)14(20)18-12)9-3-1-2-4-11(9)17;1-3(2)4/h1-7,15,21H,(H,18,20);1-2H3. The largest absolute Gasteiger partial charge is 0.364 e. The van der Waals surface area contributed by atoms with Crippen LogP contribution in [-0.2, 0) is 9.59 Å². The fraction of sp³-hybridized carbons (Fsp3) is 0.167. The predicted molar refractivity (Wildman–Crippen MR) is 99.5 cm³/mol. The van der Waals surface area contributed by atoms with Gasteiger partial charge < -0.3 is 15.2 Å². The quantitative estimate of drug-likeness (QED) is 0.793. The van der Waals surface area contributed by atoms with Crippen LogP contribution >= 0.6 is 23.2 Å². The van der Waals surface area contributed by atoms with Gasteiger partial charge in [-0.25, -0.2) is 4.99 Å². The van der Waals surface area contributed by atoms with Crippen molar-refractivity contribution >= 4 is 46.3 Å². The number of hydrogen-bond donors (Lipinski definition) is 2. The first-order chi connectivity index (χ1) is 11.8. The summed E-state index contributed by atoms with van der Waals surface area (Å²) in [6.07, 6.45) is -1.50. The number of Topliss-reactive ketones (excluding diaryl/α,β-unsaturated/α-hetero) is 1. The van der Waals surface area contributed by atoms with Crippen LogP contribution in [0.25, 0.3) is 0 Å². The van der Waals surface area contributed by atoms with Crippen molar-refractivity contribution in [3.05, 3.63) is 63.6 Å². The van der Waals surface area contributed by atoms with Crippen molar-refractivity contribution in [2.24, 2.45) is 4.99 Å². The topological polar surface area (TPSA) is 78.8 Å². The molecule has 2 aromatic rings. The Bertz CT molecular complexity index is 846. The number of anilines is 1. The van der Waals surface area contributed by atoms with Crippen molar-refractivity contribution in [1.82, 2.24) is 0 Å². The SMILES string of the molecule is CC(C)=O.O=C1Nc2ccc(Cl)cc2C(c2ccccc2Cl)=NC1O. The molecule has 1 atom stereocenters. The average Bonchev–Trinajstić information content (AvgIpc) is 2.65. The van der Waals surface area contributed by atoms with E-state index in [1.54, 1.807) is 42.5 Å². The summed E-state index contributed by atoms with van der Waals surface area (Å²) in [5.41, 5.74) is 2.18. The molecule has 1 amide bonds. The molecule has 2 aromatic carbocycles. The van der Waals surface area contributed by atoms with Gasteiger partial charge in [0.1, 0.15) is 5.78 Å². The number of hydrogen-bond acceptors (Lipinski definition) is 4. The first kappa shape index (κ1) is 19.1. The molecule has 130 valence electrons. The lowest BCUT2D eigenvalue weighted by Gasteiger charge is -2.11. The number of nitrogens with zero attached hydrogens (tertiary/aromatic N) is 1. The molecule has 0 aliphatic carbocycles. The van der Waals surface area contributed by atoms with Crippen molar-refractivity contribution in [2.75, 3.05) is 5.32 Å².